The number of hydrogen-bond acceptors (Lipinski definition) is 5. The fourth-order valence-corrected chi connectivity index (χ4v) is 3.02. The number of carbonyl (C=O) groups is 4. The number of ether oxygens (including phenoxy) is 1. The lowest BCUT2D eigenvalue weighted by Crippen LogP contribution is -2.55. The fourth-order valence-electron chi connectivity index (χ4n) is 3.02. The lowest BCUT2D eigenvalue weighted by molar-refractivity contribution is -0.131. The van der Waals surface area contributed by atoms with Crippen molar-refractivity contribution in [3.8, 4) is 0 Å². The normalized spacial score (nSPS) is 19.4. The number of nitrogens with two attached hydrogens (primary N) is 1. The van der Waals surface area contributed by atoms with Gasteiger partial charge in [0.25, 0.3) is 0 Å². The zero-order chi connectivity index (χ0) is 21.5. The van der Waals surface area contributed by atoms with E-state index in [0.717, 1.165) is 6.42 Å². The molecular formula is C19H34N4O5. The molecule has 0 aromatic rings. The van der Waals surface area contributed by atoms with Crippen molar-refractivity contribution in [1.29, 1.82) is 0 Å². The molecule has 0 aliphatic carbocycles. The Balaban J connectivity index is 2.79. The molecule has 9 nitrogen and oxygen atoms in total. The largest absolute Gasteiger partial charge is 0.444 e. The molecule has 4 amide bonds. The van der Waals surface area contributed by atoms with Gasteiger partial charge >= 0.3 is 6.09 Å². The van der Waals surface area contributed by atoms with Gasteiger partial charge in [0.2, 0.25) is 17.7 Å². The minimum Gasteiger partial charge on any atom is -0.444 e. The van der Waals surface area contributed by atoms with Gasteiger partial charge < -0.3 is 26.4 Å². The van der Waals surface area contributed by atoms with Crippen LogP contribution in [0.2, 0.25) is 0 Å². The van der Waals surface area contributed by atoms with E-state index in [0.29, 0.717) is 19.4 Å². The van der Waals surface area contributed by atoms with Gasteiger partial charge in [0.15, 0.2) is 0 Å². The molecule has 3 atom stereocenters. The number of amides is 4. The highest BCUT2D eigenvalue weighted by atomic mass is 16.6. The molecule has 0 aromatic heterocycles. The molecule has 0 saturated carbocycles. The molecule has 5 N–H and O–H groups in total. The summed E-state index contributed by atoms with van der Waals surface area (Å²) in [6.45, 7) is 9.61. The lowest BCUT2D eigenvalue weighted by Gasteiger charge is -2.28. The molecule has 9 heteroatoms. The Morgan fingerprint density at radius 2 is 1.86 bits per heavy atom. The van der Waals surface area contributed by atoms with E-state index in [1.165, 1.54) is 0 Å². The third-order valence-electron chi connectivity index (χ3n) is 4.29. The predicted octanol–water partition coefficient (Wildman–Crippen LogP) is 0.812. The van der Waals surface area contributed by atoms with Gasteiger partial charge in [-0.15, -0.1) is 0 Å². The van der Waals surface area contributed by atoms with Crippen LogP contribution in [0.25, 0.3) is 0 Å². The molecule has 1 rings (SSSR count). The fraction of sp³-hybridized carbons (Fsp3) is 0.789. The summed E-state index contributed by atoms with van der Waals surface area (Å²) in [5.74, 6) is -1.65. The van der Waals surface area contributed by atoms with Crippen molar-refractivity contribution in [3.63, 3.8) is 0 Å². The van der Waals surface area contributed by atoms with Gasteiger partial charge in [0.1, 0.15) is 17.7 Å². The summed E-state index contributed by atoms with van der Waals surface area (Å²) in [5.41, 5.74) is 4.73. The van der Waals surface area contributed by atoms with E-state index in [9.17, 15) is 19.2 Å². The van der Waals surface area contributed by atoms with E-state index in [1.807, 2.05) is 13.8 Å². The maximum atomic E-state index is 12.7. The van der Waals surface area contributed by atoms with Crippen LogP contribution in [0.15, 0.2) is 0 Å². The predicted molar refractivity (Wildman–Crippen MR) is 104 cm³/mol. The Bertz CT molecular complexity index is 585. The average molecular weight is 399 g/mol. The molecule has 28 heavy (non-hydrogen) atoms. The molecule has 0 radical (unpaired) electrons. The van der Waals surface area contributed by atoms with Crippen molar-refractivity contribution in [1.82, 2.24) is 16.0 Å². The molecule has 0 bridgehead atoms. The van der Waals surface area contributed by atoms with Crippen LogP contribution in [0.1, 0.15) is 60.3 Å². The quantitative estimate of drug-likeness (QED) is 0.479. The number of carbonyl (C=O) groups excluding carboxylic acids is 4. The van der Waals surface area contributed by atoms with Gasteiger partial charge in [-0.25, -0.2) is 4.79 Å². The maximum Gasteiger partial charge on any atom is 0.408 e. The molecule has 0 spiro atoms. The molecule has 1 aliphatic rings. The van der Waals surface area contributed by atoms with Crippen LogP contribution in [0.4, 0.5) is 4.79 Å². The molecule has 1 aliphatic heterocycles. The van der Waals surface area contributed by atoms with E-state index >= 15 is 0 Å². The van der Waals surface area contributed by atoms with E-state index in [2.05, 4.69) is 16.0 Å². The van der Waals surface area contributed by atoms with Crippen LogP contribution in [0, 0.1) is 11.8 Å². The zero-order valence-corrected chi connectivity index (χ0v) is 17.5. The zero-order valence-electron chi connectivity index (χ0n) is 17.5. The first-order valence-electron chi connectivity index (χ1n) is 9.76. The Labute approximate surface area is 166 Å². The first-order chi connectivity index (χ1) is 12.9. The minimum absolute atomic E-state index is 0.113. The summed E-state index contributed by atoms with van der Waals surface area (Å²) in [6.07, 6.45) is 1.23. The SMILES string of the molecule is CC(C)C[C@H](NC(=O)OC(C)(C)C)C(=O)N[C@@H](C[C@@H]1CCCNC1=O)C(N)=O. The van der Waals surface area contributed by atoms with Crippen LogP contribution in [-0.4, -0.2) is 48.0 Å². The van der Waals surface area contributed by atoms with E-state index < -0.39 is 35.6 Å². The molecule has 160 valence electrons. The number of hydrogen-bond donors (Lipinski definition) is 4. The molecule has 1 saturated heterocycles. The summed E-state index contributed by atoms with van der Waals surface area (Å²) in [6, 6.07) is -1.87. The third-order valence-corrected chi connectivity index (χ3v) is 4.29. The number of nitrogens with one attached hydrogen (secondary N) is 3. The van der Waals surface area contributed by atoms with E-state index in [-0.39, 0.29) is 24.2 Å². The van der Waals surface area contributed by atoms with Crippen molar-refractivity contribution < 1.29 is 23.9 Å². The van der Waals surface area contributed by atoms with Gasteiger partial charge in [-0.1, -0.05) is 13.8 Å². The van der Waals surface area contributed by atoms with Crippen LogP contribution in [0.3, 0.4) is 0 Å². The van der Waals surface area contributed by atoms with Crippen molar-refractivity contribution in [2.45, 2.75) is 78.0 Å². The van der Waals surface area contributed by atoms with Crippen LogP contribution >= 0.6 is 0 Å². The van der Waals surface area contributed by atoms with Gasteiger partial charge in [-0.2, -0.15) is 0 Å². The Morgan fingerprint density at radius 3 is 2.36 bits per heavy atom. The molecular weight excluding hydrogens is 364 g/mol. The Kier molecular flexibility index (Phi) is 8.71. The second-order valence-corrected chi connectivity index (χ2v) is 8.66. The lowest BCUT2D eigenvalue weighted by atomic mass is 9.91. The Hall–Kier alpha value is -2.32. The number of piperidine rings is 1. The number of rotatable bonds is 8. The molecule has 1 heterocycles. The minimum atomic E-state index is -0.989. The second kappa shape index (κ2) is 10.3. The smallest absolute Gasteiger partial charge is 0.408 e. The van der Waals surface area contributed by atoms with Gasteiger partial charge in [0.05, 0.1) is 0 Å². The van der Waals surface area contributed by atoms with Crippen LogP contribution in [0.5, 0.6) is 0 Å². The van der Waals surface area contributed by atoms with Crippen molar-refractivity contribution in [3.05, 3.63) is 0 Å². The van der Waals surface area contributed by atoms with Crippen LogP contribution < -0.4 is 21.7 Å². The summed E-state index contributed by atoms with van der Waals surface area (Å²) in [5, 5.41) is 7.90. The highest BCUT2D eigenvalue weighted by Crippen LogP contribution is 2.18. The van der Waals surface area contributed by atoms with E-state index in [4.69, 9.17) is 10.5 Å². The third kappa shape index (κ3) is 8.58. The second-order valence-electron chi connectivity index (χ2n) is 8.66. The summed E-state index contributed by atoms with van der Waals surface area (Å²) in [7, 11) is 0. The molecule has 0 unspecified atom stereocenters. The van der Waals surface area contributed by atoms with Crippen molar-refractivity contribution in [2.75, 3.05) is 6.54 Å². The van der Waals surface area contributed by atoms with Crippen molar-refractivity contribution >= 4 is 23.8 Å². The highest BCUT2D eigenvalue weighted by molar-refractivity contribution is 5.91. The van der Waals surface area contributed by atoms with Crippen LogP contribution in [-0.2, 0) is 19.1 Å². The van der Waals surface area contributed by atoms with Crippen molar-refractivity contribution in [2.24, 2.45) is 17.6 Å². The topological polar surface area (TPSA) is 140 Å². The summed E-state index contributed by atoms with van der Waals surface area (Å²) < 4.78 is 5.21. The van der Waals surface area contributed by atoms with E-state index in [1.54, 1.807) is 20.8 Å². The average Bonchev–Trinajstić information content (AvgIpc) is 2.53. The van der Waals surface area contributed by atoms with Gasteiger partial charge in [-0.3, -0.25) is 14.4 Å². The molecule has 0 aromatic carbocycles. The maximum absolute atomic E-state index is 12.7. The number of alkyl carbamates (subject to hydrolysis) is 1. The Morgan fingerprint density at radius 1 is 1.21 bits per heavy atom. The number of primary amides is 1. The first-order valence-corrected chi connectivity index (χ1v) is 9.76. The highest BCUT2D eigenvalue weighted by Gasteiger charge is 2.32. The summed E-state index contributed by atoms with van der Waals surface area (Å²) >= 11 is 0. The molecule has 1 fully saturated rings. The first kappa shape index (κ1) is 23.7. The monoisotopic (exact) mass is 398 g/mol. The standard InChI is InChI=1S/C19H34N4O5/c1-11(2)9-14(23-18(27)28-19(3,4)5)17(26)22-13(15(20)24)10-12-7-6-8-21-16(12)25/h11-14H,6-10H2,1-5H3,(H2,20,24)(H,21,25)(H,22,26)(H,23,27)/t12-,13-,14-/m0/s1. The van der Waals surface area contributed by atoms with Gasteiger partial charge in [-0.05, 0) is 52.4 Å². The summed E-state index contributed by atoms with van der Waals surface area (Å²) in [4.78, 5) is 48.6. The van der Waals surface area contributed by atoms with Gasteiger partial charge in [0, 0.05) is 12.5 Å².